The third kappa shape index (κ3) is 5.47. The van der Waals surface area contributed by atoms with Crippen molar-refractivity contribution in [1.82, 2.24) is 4.90 Å². The predicted octanol–water partition coefficient (Wildman–Crippen LogP) is 2.32. The molecule has 2 rings (SSSR count). The van der Waals surface area contributed by atoms with Gasteiger partial charge >= 0.3 is 18.0 Å². The molecule has 1 aromatic carbocycles. The minimum atomic E-state index is -0.678. The number of nitrogens with one attached hydrogen (secondary N) is 1. The highest BCUT2D eigenvalue weighted by Gasteiger charge is 2.41. The second kappa shape index (κ2) is 9.61. The molecule has 0 fully saturated rings. The molecule has 1 amide bonds. The van der Waals surface area contributed by atoms with Gasteiger partial charge < -0.3 is 19.5 Å². The second-order valence-corrected chi connectivity index (χ2v) is 5.91. The zero-order valence-corrected chi connectivity index (χ0v) is 15.6. The Morgan fingerprint density at radius 3 is 2.48 bits per heavy atom. The lowest BCUT2D eigenvalue weighted by Gasteiger charge is -2.40. The molecule has 1 heterocycles. The zero-order valence-electron chi connectivity index (χ0n) is 15.6. The van der Waals surface area contributed by atoms with Gasteiger partial charge in [0, 0.05) is 18.8 Å². The quantitative estimate of drug-likeness (QED) is 0.601. The molecule has 1 aliphatic heterocycles. The van der Waals surface area contributed by atoms with Gasteiger partial charge in [-0.25, -0.2) is 4.79 Å². The van der Waals surface area contributed by atoms with Gasteiger partial charge in [0.1, 0.15) is 6.10 Å². The molecular weight excluding hydrogens is 352 g/mol. The maximum atomic E-state index is 12.2. The number of hydrogen-bond donors (Lipinski definition) is 1. The number of amides is 1. The highest BCUT2D eigenvalue weighted by atomic mass is 16.6. The van der Waals surface area contributed by atoms with Crippen LogP contribution in [-0.2, 0) is 23.8 Å². The number of rotatable bonds is 6. The van der Waals surface area contributed by atoms with E-state index < -0.39 is 36.2 Å². The van der Waals surface area contributed by atoms with Crippen molar-refractivity contribution in [2.45, 2.75) is 38.5 Å². The predicted molar refractivity (Wildman–Crippen MR) is 97.8 cm³/mol. The molecule has 8 heteroatoms. The van der Waals surface area contributed by atoms with E-state index in [2.05, 4.69) is 5.32 Å². The maximum absolute atomic E-state index is 12.2. The largest absolute Gasteiger partial charge is 0.466 e. The Hall–Kier alpha value is -3.03. The Bertz CT molecular complexity index is 691. The standard InChI is InChI=1S/C19H24N2O6/c1-4-26-17(23)12-15-18(20-14-8-6-5-7-9-14)16(27-13(2)22)10-11-21(15)19(24)25-3/h5-11,15-16,18,20H,4,12H2,1-3H3. The van der Waals surface area contributed by atoms with E-state index in [-0.39, 0.29) is 13.0 Å². The van der Waals surface area contributed by atoms with Crippen LogP contribution in [0.5, 0.6) is 0 Å². The Balaban J connectivity index is 2.37. The minimum absolute atomic E-state index is 0.0878. The van der Waals surface area contributed by atoms with Crippen molar-refractivity contribution in [3.05, 3.63) is 42.6 Å². The zero-order chi connectivity index (χ0) is 19.8. The van der Waals surface area contributed by atoms with E-state index in [1.165, 1.54) is 25.1 Å². The van der Waals surface area contributed by atoms with Gasteiger partial charge in [0.15, 0.2) is 0 Å². The Morgan fingerprint density at radius 2 is 1.89 bits per heavy atom. The average Bonchev–Trinajstić information content (AvgIpc) is 2.64. The number of hydrogen-bond acceptors (Lipinski definition) is 7. The van der Waals surface area contributed by atoms with Crippen molar-refractivity contribution in [2.75, 3.05) is 19.0 Å². The highest BCUT2D eigenvalue weighted by Crippen LogP contribution is 2.26. The van der Waals surface area contributed by atoms with Crippen molar-refractivity contribution >= 4 is 23.7 Å². The van der Waals surface area contributed by atoms with Crippen molar-refractivity contribution in [2.24, 2.45) is 0 Å². The van der Waals surface area contributed by atoms with Gasteiger partial charge in [-0.1, -0.05) is 18.2 Å². The lowest BCUT2D eigenvalue weighted by atomic mass is 9.94. The topological polar surface area (TPSA) is 94.2 Å². The van der Waals surface area contributed by atoms with E-state index in [9.17, 15) is 14.4 Å². The molecular formula is C19H24N2O6. The summed E-state index contributed by atoms with van der Waals surface area (Å²) < 4.78 is 15.3. The van der Waals surface area contributed by atoms with Crippen LogP contribution < -0.4 is 5.32 Å². The lowest BCUT2D eigenvalue weighted by Crippen LogP contribution is -2.56. The fraction of sp³-hybridized carbons (Fsp3) is 0.421. The van der Waals surface area contributed by atoms with Crippen LogP contribution in [0.2, 0.25) is 0 Å². The number of methoxy groups -OCH3 is 1. The minimum Gasteiger partial charge on any atom is -0.466 e. The van der Waals surface area contributed by atoms with Gasteiger partial charge in [0.25, 0.3) is 0 Å². The highest BCUT2D eigenvalue weighted by molar-refractivity contribution is 5.74. The first kappa shape index (κ1) is 20.3. The molecule has 0 aromatic heterocycles. The number of esters is 2. The molecule has 0 bridgehead atoms. The third-order valence-corrected chi connectivity index (χ3v) is 4.04. The van der Waals surface area contributed by atoms with Crippen LogP contribution in [0.4, 0.5) is 10.5 Å². The van der Waals surface area contributed by atoms with Gasteiger partial charge in [0.2, 0.25) is 0 Å². The summed E-state index contributed by atoms with van der Waals surface area (Å²) in [5, 5.41) is 3.26. The molecule has 0 spiro atoms. The van der Waals surface area contributed by atoms with Crippen LogP contribution >= 0.6 is 0 Å². The molecule has 3 atom stereocenters. The van der Waals surface area contributed by atoms with Crippen molar-refractivity contribution in [3.8, 4) is 0 Å². The average molecular weight is 376 g/mol. The van der Waals surface area contributed by atoms with Gasteiger partial charge in [-0.2, -0.15) is 0 Å². The van der Waals surface area contributed by atoms with Crippen molar-refractivity contribution in [1.29, 1.82) is 0 Å². The first-order chi connectivity index (χ1) is 13.0. The van der Waals surface area contributed by atoms with E-state index >= 15 is 0 Å². The molecule has 8 nitrogen and oxygen atoms in total. The van der Waals surface area contributed by atoms with Gasteiger partial charge in [0.05, 0.1) is 32.2 Å². The molecule has 0 saturated carbocycles. The lowest BCUT2D eigenvalue weighted by molar-refractivity contribution is -0.146. The van der Waals surface area contributed by atoms with E-state index in [0.717, 1.165) is 5.69 Å². The first-order valence-corrected chi connectivity index (χ1v) is 8.65. The van der Waals surface area contributed by atoms with Crippen molar-refractivity contribution < 1.29 is 28.6 Å². The Kier molecular flexibility index (Phi) is 7.22. The molecule has 146 valence electrons. The SMILES string of the molecule is CCOC(=O)CC1C(Nc2ccccc2)C(OC(C)=O)C=CN1C(=O)OC. The molecule has 1 aromatic rings. The maximum Gasteiger partial charge on any atom is 0.413 e. The van der Waals surface area contributed by atoms with E-state index in [1.807, 2.05) is 30.3 Å². The van der Waals surface area contributed by atoms with Crippen LogP contribution in [0.15, 0.2) is 42.6 Å². The number of carbonyl (C=O) groups is 3. The summed E-state index contributed by atoms with van der Waals surface area (Å²) in [4.78, 5) is 37.2. The summed E-state index contributed by atoms with van der Waals surface area (Å²) in [6.07, 6.45) is 1.66. The van der Waals surface area contributed by atoms with E-state index in [1.54, 1.807) is 13.0 Å². The van der Waals surface area contributed by atoms with Gasteiger partial charge in [-0.15, -0.1) is 0 Å². The molecule has 0 saturated heterocycles. The van der Waals surface area contributed by atoms with E-state index in [0.29, 0.717) is 0 Å². The third-order valence-electron chi connectivity index (χ3n) is 4.04. The molecule has 0 radical (unpaired) electrons. The Morgan fingerprint density at radius 1 is 1.19 bits per heavy atom. The summed E-state index contributed by atoms with van der Waals surface area (Å²) in [5.74, 6) is -0.931. The van der Waals surface area contributed by atoms with Crippen molar-refractivity contribution in [3.63, 3.8) is 0 Å². The van der Waals surface area contributed by atoms with E-state index in [4.69, 9.17) is 14.2 Å². The fourth-order valence-electron chi connectivity index (χ4n) is 2.93. The first-order valence-electron chi connectivity index (χ1n) is 8.65. The molecule has 3 unspecified atom stereocenters. The summed E-state index contributed by atoms with van der Waals surface area (Å²) in [5.41, 5.74) is 0.758. The Labute approximate surface area is 158 Å². The monoisotopic (exact) mass is 376 g/mol. The molecule has 0 aliphatic carbocycles. The molecule has 1 aliphatic rings. The normalized spacial score (nSPS) is 21.3. The number of nitrogens with zero attached hydrogens (tertiary/aromatic N) is 1. The number of anilines is 1. The summed E-state index contributed by atoms with van der Waals surface area (Å²) in [6, 6.07) is 7.99. The molecule has 1 N–H and O–H groups in total. The number of ether oxygens (including phenoxy) is 3. The van der Waals surface area contributed by atoms with Crippen LogP contribution in [0.1, 0.15) is 20.3 Å². The van der Waals surface area contributed by atoms with Crippen LogP contribution in [0, 0.1) is 0 Å². The van der Waals surface area contributed by atoms with Crippen LogP contribution in [-0.4, -0.2) is 54.8 Å². The summed E-state index contributed by atoms with van der Waals surface area (Å²) >= 11 is 0. The second-order valence-electron chi connectivity index (χ2n) is 5.91. The number of benzene rings is 1. The smallest absolute Gasteiger partial charge is 0.413 e. The van der Waals surface area contributed by atoms with Crippen LogP contribution in [0.3, 0.4) is 0 Å². The summed E-state index contributed by atoms with van der Waals surface area (Å²) in [6.45, 7) is 3.24. The van der Waals surface area contributed by atoms with Gasteiger partial charge in [-0.05, 0) is 25.1 Å². The van der Waals surface area contributed by atoms with Gasteiger partial charge in [-0.3, -0.25) is 14.5 Å². The van der Waals surface area contributed by atoms with Crippen LogP contribution in [0.25, 0.3) is 0 Å². The molecule has 27 heavy (non-hydrogen) atoms. The summed E-state index contributed by atoms with van der Waals surface area (Å²) in [7, 11) is 1.26. The number of para-hydroxylation sites is 1. The number of carbonyl (C=O) groups excluding carboxylic acids is 3. The fourth-order valence-corrected chi connectivity index (χ4v) is 2.93.